The predicted molar refractivity (Wildman–Crippen MR) is 134 cm³/mol. The topological polar surface area (TPSA) is 86.8 Å². The Morgan fingerprint density at radius 3 is 2.50 bits per heavy atom. The van der Waals surface area contributed by atoms with Crippen molar-refractivity contribution in [1.82, 2.24) is 14.8 Å². The molecule has 2 amide bonds. The van der Waals surface area contributed by atoms with Crippen molar-refractivity contribution in [1.29, 1.82) is 5.26 Å². The molecule has 1 aromatic heterocycles. The molecule has 3 aromatic rings. The van der Waals surface area contributed by atoms with Crippen LogP contribution in [0.1, 0.15) is 23.6 Å². The molecule has 0 saturated carbocycles. The molecule has 212 valence electrons. The van der Waals surface area contributed by atoms with Crippen LogP contribution in [0.4, 0.5) is 36.8 Å². The van der Waals surface area contributed by atoms with Crippen LogP contribution in [-0.2, 0) is 6.18 Å². The third-order valence-electron chi connectivity index (χ3n) is 5.59. The first-order chi connectivity index (χ1) is 19.1. The molecule has 1 aliphatic heterocycles. The van der Waals surface area contributed by atoms with E-state index in [-0.39, 0.29) is 35.7 Å². The number of nitrogens with zero attached hydrogens (tertiary/aromatic N) is 6. The van der Waals surface area contributed by atoms with E-state index in [1.165, 1.54) is 53.5 Å². The largest absolute Gasteiger partial charge is 0.435 e. The molecule has 1 unspecified atom stereocenters. The maximum atomic E-state index is 13.4. The summed E-state index contributed by atoms with van der Waals surface area (Å²) >= 11 is 6.00. The molecule has 1 atom stereocenters. The number of ether oxygens (including phenoxy) is 1. The Labute approximate surface area is 229 Å². The summed E-state index contributed by atoms with van der Waals surface area (Å²) in [5, 5.41) is 19.2. The lowest BCUT2D eigenvalue weighted by atomic mass is 9.97. The van der Waals surface area contributed by atoms with Crippen LogP contribution in [-0.4, -0.2) is 53.4 Å². The molecule has 4 rings (SSSR count). The van der Waals surface area contributed by atoms with Gasteiger partial charge in [-0.2, -0.15) is 37.4 Å². The highest BCUT2D eigenvalue weighted by Gasteiger charge is 2.34. The lowest BCUT2D eigenvalue weighted by Crippen LogP contribution is -2.45. The summed E-state index contributed by atoms with van der Waals surface area (Å²) in [6.07, 6.45) is -1.51. The van der Waals surface area contributed by atoms with Gasteiger partial charge >= 0.3 is 18.8 Å². The number of hydrogen-bond acceptors (Lipinski definition) is 5. The van der Waals surface area contributed by atoms with Gasteiger partial charge in [-0.25, -0.2) is 9.80 Å². The number of alkyl halides is 6. The second kappa shape index (κ2) is 13.2. The number of carbonyl (C=O) groups excluding carboxylic acids is 1. The maximum absolute atomic E-state index is 13.4. The summed E-state index contributed by atoms with van der Waals surface area (Å²) in [7, 11) is 0.500. The number of amides is 2. The van der Waals surface area contributed by atoms with Gasteiger partial charge in [0.2, 0.25) is 0 Å². The zero-order chi connectivity index (χ0) is 29.4. The molecule has 0 aliphatic carbocycles. The van der Waals surface area contributed by atoms with Crippen LogP contribution in [0.5, 0.6) is 5.75 Å². The van der Waals surface area contributed by atoms with E-state index in [0.717, 1.165) is 22.0 Å². The van der Waals surface area contributed by atoms with Gasteiger partial charge in [-0.15, -0.1) is 0 Å². The molecule has 0 N–H and O–H groups in total. The normalized spacial score (nSPS) is 15.1. The zero-order valence-corrected chi connectivity index (χ0v) is 21.5. The molecule has 2 aromatic carbocycles. The van der Waals surface area contributed by atoms with Crippen LogP contribution in [0.2, 0.25) is 5.02 Å². The van der Waals surface area contributed by atoms with E-state index in [4.69, 9.17) is 11.6 Å². The first-order valence-corrected chi connectivity index (χ1v) is 11.8. The van der Waals surface area contributed by atoms with E-state index < -0.39 is 37.0 Å². The van der Waals surface area contributed by atoms with Crippen LogP contribution in [0, 0.1) is 11.3 Å². The van der Waals surface area contributed by atoms with Gasteiger partial charge < -0.3 is 4.74 Å². The Morgan fingerprint density at radius 1 is 1.23 bits per heavy atom. The Hall–Kier alpha value is -4.25. The molecule has 0 radical (unpaired) electrons. The Bertz CT molecular complexity index is 1370. The van der Waals surface area contributed by atoms with Crippen molar-refractivity contribution < 1.29 is 35.9 Å². The zero-order valence-electron chi connectivity index (χ0n) is 20.7. The second-order valence-electron chi connectivity index (χ2n) is 8.03. The van der Waals surface area contributed by atoms with E-state index in [9.17, 15) is 36.4 Å². The fourth-order valence-corrected chi connectivity index (χ4v) is 4.04. The second-order valence-corrected chi connectivity index (χ2v) is 8.47. The van der Waals surface area contributed by atoms with Crippen molar-refractivity contribution in [3.63, 3.8) is 0 Å². The molecule has 0 saturated heterocycles. The van der Waals surface area contributed by atoms with Gasteiger partial charge in [0, 0.05) is 24.0 Å². The number of nitriles is 1. The minimum absolute atomic E-state index is 0.0396. The Kier molecular flexibility index (Phi) is 10.0. The monoisotopic (exact) mass is 586 g/mol. The minimum Gasteiger partial charge on any atom is -0.435 e. The first-order valence-electron chi connectivity index (χ1n) is 11.4. The van der Waals surface area contributed by atoms with Gasteiger partial charge in [-0.1, -0.05) is 23.7 Å². The molecule has 8 nitrogen and oxygen atoms in total. The summed E-state index contributed by atoms with van der Waals surface area (Å²) < 4.78 is 80.4. The smallest absolute Gasteiger partial charge is 0.416 e. The lowest BCUT2D eigenvalue weighted by molar-refractivity contribution is -0.137. The van der Waals surface area contributed by atoms with Crippen molar-refractivity contribution >= 4 is 29.0 Å². The molecule has 0 spiro atoms. The quantitative estimate of drug-likeness (QED) is 0.242. The first kappa shape index (κ1) is 30.3. The molecule has 1 aliphatic rings. The number of anilines is 1. The highest BCUT2D eigenvalue weighted by molar-refractivity contribution is 6.30. The van der Waals surface area contributed by atoms with Crippen LogP contribution in [0.3, 0.4) is 0 Å². The molecule has 15 heteroatoms. The summed E-state index contributed by atoms with van der Waals surface area (Å²) in [5.41, 5.74) is -0.437. The van der Waals surface area contributed by atoms with E-state index in [1.807, 2.05) is 6.07 Å². The van der Waals surface area contributed by atoms with Crippen molar-refractivity contribution in [3.05, 3.63) is 77.1 Å². The standard InChI is InChI=1S/C24H18ClF5N6O2.CH3F/c25-17-13-32-36(14-17)20-8-10-35(33-21(20)15-2-1-3-16(12-15)24(28,29)30)23(37)34(11-9-31)18-4-6-19(7-5-18)38-22(26)27;1-2/h1-7,12-14,20,22H,8,10-11H2;1H3. The minimum atomic E-state index is -4.60. The summed E-state index contributed by atoms with van der Waals surface area (Å²) in [4.78, 5) is 14.5. The van der Waals surface area contributed by atoms with Crippen LogP contribution >= 0.6 is 11.6 Å². The van der Waals surface area contributed by atoms with Crippen molar-refractivity contribution in [2.45, 2.75) is 25.3 Å². The highest BCUT2D eigenvalue weighted by Crippen LogP contribution is 2.32. The number of benzene rings is 2. The summed E-state index contributed by atoms with van der Waals surface area (Å²) in [6.45, 7) is -3.40. The lowest BCUT2D eigenvalue weighted by Gasteiger charge is -2.33. The SMILES string of the molecule is CF.N#CCN(C(=O)N1CCC(n2cc(Cl)cn2)C(c2cccc(C(F)(F)F)c2)=N1)c1ccc(OC(F)F)cc1. The van der Waals surface area contributed by atoms with Crippen LogP contribution < -0.4 is 9.64 Å². The number of rotatable bonds is 6. The van der Waals surface area contributed by atoms with Gasteiger partial charge in [0.1, 0.15) is 12.3 Å². The van der Waals surface area contributed by atoms with Gasteiger partial charge in [-0.3, -0.25) is 14.0 Å². The van der Waals surface area contributed by atoms with Crippen LogP contribution in [0.25, 0.3) is 0 Å². The van der Waals surface area contributed by atoms with Crippen LogP contribution in [0.15, 0.2) is 66.0 Å². The van der Waals surface area contributed by atoms with E-state index in [2.05, 4.69) is 14.9 Å². The number of aromatic nitrogens is 2. The number of hydrazone groups is 1. The fraction of sp³-hybridized carbons (Fsp3) is 0.280. The molecule has 0 fully saturated rings. The number of carbonyl (C=O) groups is 1. The van der Waals surface area contributed by atoms with Gasteiger partial charge in [0.15, 0.2) is 0 Å². The molecular formula is C25H21ClF6N6O2. The number of halogens is 7. The van der Waals surface area contributed by atoms with E-state index in [0.29, 0.717) is 12.2 Å². The summed E-state index contributed by atoms with van der Waals surface area (Å²) in [6, 6.07) is 10.1. The fourth-order valence-electron chi connectivity index (χ4n) is 3.90. The third kappa shape index (κ3) is 7.23. The van der Waals surface area contributed by atoms with E-state index >= 15 is 0 Å². The molecule has 2 heterocycles. The van der Waals surface area contributed by atoms with Gasteiger partial charge in [0.25, 0.3) is 0 Å². The third-order valence-corrected chi connectivity index (χ3v) is 5.78. The number of urea groups is 1. The van der Waals surface area contributed by atoms with Gasteiger partial charge in [0.05, 0.1) is 41.8 Å². The average molecular weight is 587 g/mol. The van der Waals surface area contributed by atoms with Crippen molar-refractivity contribution in [2.75, 3.05) is 25.2 Å². The molecule has 0 bridgehead atoms. The Balaban J connectivity index is 0.00000216. The number of hydrogen-bond donors (Lipinski definition) is 0. The van der Waals surface area contributed by atoms with Crippen molar-refractivity contribution in [3.8, 4) is 11.8 Å². The maximum Gasteiger partial charge on any atom is 0.416 e. The van der Waals surface area contributed by atoms with Crippen molar-refractivity contribution in [2.24, 2.45) is 5.10 Å². The van der Waals surface area contributed by atoms with Gasteiger partial charge in [-0.05, 0) is 42.8 Å². The highest BCUT2D eigenvalue weighted by atomic mass is 35.5. The summed E-state index contributed by atoms with van der Waals surface area (Å²) in [5.74, 6) is -0.142. The molecule has 40 heavy (non-hydrogen) atoms. The Morgan fingerprint density at radius 2 is 1.93 bits per heavy atom. The molecular weight excluding hydrogens is 566 g/mol. The predicted octanol–water partition coefficient (Wildman–Crippen LogP) is 6.54. The average Bonchev–Trinajstić information content (AvgIpc) is 3.38. The van der Waals surface area contributed by atoms with E-state index in [1.54, 1.807) is 0 Å².